The van der Waals surface area contributed by atoms with E-state index in [9.17, 15) is 14.4 Å². The van der Waals surface area contributed by atoms with Crippen molar-refractivity contribution in [1.82, 2.24) is 0 Å². The molecule has 1 aliphatic rings. The molecule has 1 aliphatic carbocycles. The summed E-state index contributed by atoms with van der Waals surface area (Å²) in [6, 6.07) is 6.89. The molecule has 1 fully saturated rings. The zero-order valence-electron chi connectivity index (χ0n) is 16.7. The highest BCUT2D eigenvalue weighted by molar-refractivity contribution is 5.96. The molecule has 148 valence electrons. The van der Waals surface area contributed by atoms with Gasteiger partial charge in [0.1, 0.15) is 11.5 Å². The lowest BCUT2D eigenvalue weighted by Gasteiger charge is -2.28. The fourth-order valence-electron chi connectivity index (χ4n) is 3.74. The topological polar surface area (TPSA) is 60.4 Å². The van der Waals surface area contributed by atoms with Gasteiger partial charge in [-0.1, -0.05) is 26.7 Å². The summed E-state index contributed by atoms with van der Waals surface area (Å²) >= 11 is 0. The van der Waals surface area contributed by atoms with E-state index in [2.05, 4.69) is 0 Å². The zero-order valence-corrected chi connectivity index (χ0v) is 16.7. The molecule has 1 aromatic rings. The van der Waals surface area contributed by atoms with E-state index >= 15 is 0 Å². The predicted octanol–water partition coefficient (Wildman–Crippen LogP) is 5.53. The Balaban J connectivity index is 1.75. The molecule has 2 rings (SSSR count). The summed E-state index contributed by atoms with van der Waals surface area (Å²) in [5.41, 5.74) is 0.681. The number of benzene rings is 1. The van der Waals surface area contributed by atoms with Crippen molar-refractivity contribution in [3.63, 3.8) is 0 Å². The second-order valence-electron chi connectivity index (χ2n) is 7.69. The Kier molecular flexibility index (Phi) is 8.70. The van der Waals surface area contributed by atoms with E-state index in [0.29, 0.717) is 54.6 Å². The van der Waals surface area contributed by atoms with Crippen LogP contribution in [0.3, 0.4) is 0 Å². The number of ketones is 2. The van der Waals surface area contributed by atoms with Crippen molar-refractivity contribution in [1.29, 1.82) is 0 Å². The Labute approximate surface area is 162 Å². The van der Waals surface area contributed by atoms with E-state index in [1.54, 1.807) is 24.3 Å². The molecule has 0 aliphatic heterocycles. The molecule has 4 heteroatoms. The van der Waals surface area contributed by atoms with E-state index in [4.69, 9.17) is 4.74 Å². The Morgan fingerprint density at radius 2 is 1.56 bits per heavy atom. The van der Waals surface area contributed by atoms with E-state index in [-0.39, 0.29) is 11.8 Å². The number of ether oxygens (including phenoxy) is 1. The molecule has 4 nitrogen and oxygen atoms in total. The zero-order chi connectivity index (χ0) is 19.6. The second kappa shape index (κ2) is 11.0. The van der Waals surface area contributed by atoms with E-state index < -0.39 is 0 Å². The van der Waals surface area contributed by atoms with Crippen molar-refractivity contribution in [3.8, 4) is 5.75 Å². The SMILES string of the molecule is CCCC(=O)Oc1ccc(C(=O)CC2CCC(CCC(=O)CC)CC2)cc1. The van der Waals surface area contributed by atoms with Crippen LogP contribution in [0, 0.1) is 11.8 Å². The number of esters is 1. The third-order valence-electron chi connectivity index (χ3n) is 5.53. The molecule has 0 unspecified atom stereocenters. The molecule has 0 amide bonds. The minimum absolute atomic E-state index is 0.158. The van der Waals surface area contributed by atoms with Crippen molar-refractivity contribution in [2.45, 2.75) is 78.1 Å². The summed E-state index contributed by atoms with van der Waals surface area (Å²) < 4.78 is 5.22. The van der Waals surface area contributed by atoms with Crippen LogP contribution in [0.25, 0.3) is 0 Å². The Bertz CT molecular complexity index is 624. The number of carbonyl (C=O) groups excluding carboxylic acids is 3. The van der Waals surface area contributed by atoms with Gasteiger partial charge in [0.05, 0.1) is 0 Å². The lowest BCUT2D eigenvalue weighted by atomic mass is 9.77. The van der Waals surface area contributed by atoms with Gasteiger partial charge < -0.3 is 4.74 Å². The van der Waals surface area contributed by atoms with Gasteiger partial charge in [-0.05, 0) is 61.8 Å². The van der Waals surface area contributed by atoms with Crippen LogP contribution >= 0.6 is 0 Å². The van der Waals surface area contributed by atoms with Crippen LogP contribution in [0.2, 0.25) is 0 Å². The molecule has 1 aromatic carbocycles. The monoisotopic (exact) mass is 372 g/mol. The van der Waals surface area contributed by atoms with Gasteiger partial charge in [0.25, 0.3) is 0 Å². The van der Waals surface area contributed by atoms with Crippen molar-refractivity contribution in [2.24, 2.45) is 11.8 Å². The molecule has 0 atom stereocenters. The first-order chi connectivity index (χ1) is 13.0. The average Bonchev–Trinajstić information content (AvgIpc) is 2.67. The highest BCUT2D eigenvalue weighted by atomic mass is 16.5. The van der Waals surface area contributed by atoms with Crippen LogP contribution in [0.1, 0.15) is 88.4 Å². The van der Waals surface area contributed by atoms with E-state index in [1.807, 2.05) is 13.8 Å². The first kappa shape index (κ1) is 21.3. The molecule has 0 N–H and O–H groups in total. The second-order valence-corrected chi connectivity index (χ2v) is 7.69. The van der Waals surface area contributed by atoms with Crippen molar-refractivity contribution in [3.05, 3.63) is 29.8 Å². The van der Waals surface area contributed by atoms with Gasteiger partial charge >= 0.3 is 5.97 Å². The summed E-state index contributed by atoms with van der Waals surface area (Å²) in [7, 11) is 0. The van der Waals surface area contributed by atoms with Crippen LogP contribution in [-0.2, 0) is 9.59 Å². The minimum atomic E-state index is -0.242. The molecule has 0 radical (unpaired) electrons. The van der Waals surface area contributed by atoms with Gasteiger partial charge in [-0.25, -0.2) is 0 Å². The van der Waals surface area contributed by atoms with Crippen molar-refractivity contribution >= 4 is 17.5 Å². The fraction of sp³-hybridized carbons (Fsp3) is 0.609. The number of hydrogen-bond donors (Lipinski definition) is 0. The number of rotatable bonds is 10. The maximum absolute atomic E-state index is 12.5. The van der Waals surface area contributed by atoms with Crippen LogP contribution in [0.4, 0.5) is 0 Å². The van der Waals surface area contributed by atoms with E-state index in [1.165, 1.54) is 0 Å². The quantitative estimate of drug-likeness (QED) is 0.308. The molecule has 0 bridgehead atoms. The summed E-state index contributed by atoms with van der Waals surface area (Å²) in [4.78, 5) is 35.5. The van der Waals surface area contributed by atoms with E-state index in [0.717, 1.165) is 38.5 Å². The van der Waals surface area contributed by atoms with Crippen molar-refractivity contribution < 1.29 is 19.1 Å². The molecule has 0 heterocycles. The molecule has 27 heavy (non-hydrogen) atoms. The summed E-state index contributed by atoms with van der Waals surface area (Å²) in [6.45, 7) is 3.85. The number of hydrogen-bond acceptors (Lipinski definition) is 4. The molecular weight excluding hydrogens is 340 g/mol. The first-order valence-electron chi connectivity index (χ1n) is 10.4. The summed E-state index contributed by atoms with van der Waals surface area (Å²) in [5, 5.41) is 0. The molecule has 1 saturated carbocycles. The maximum atomic E-state index is 12.5. The molecular formula is C23H32O4. The number of carbonyl (C=O) groups is 3. The van der Waals surface area contributed by atoms with Gasteiger partial charge in [0.15, 0.2) is 5.78 Å². The Morgan fingerprint density at radius 1 is 0.926 bits per heavy atom. The highest BCUT2D eigenvalue weighted by Crippen LogP contribution is 2.34. The third-order valence-corrected chi connectivity index (χ3v) is 5.53. The van der Waals surface area contributed by atoms with Gasteiger partial charge in [0, 0.05) is 31.2 Å². The average molecular weight is 373 g/mol. The summed E-state index contributed by atoms with van der Waals surface area (Å²) in [6.07, 6.45) is 8.49. The van der Waals surface area contributed by atoms with Gasteiger partial charge in [0.2, 0.25) is 0 Å². The van der Waals surface area contributed by atoms with Crippen LogP contribution in [0.15, 0.2) is 24.3 Å². The number of Topliss-reactive ketones (excluding diaryl/α,β-unsaturated/α-hetero) is 2. The lowest BCUT2D eigenvalue weighted by Crippen LogP contribution is -2.18. The van der Waals surface area contributed by atoms with Crippen LogP contribution in [-0.4, -0.2) is 17.5 Å². The molecule has 0 spiro atoms. The molecule has 0 saturated heterocycles. The van der Waals surface area contributed by atoms with Gasteiger partial charge in [-0.2, -0.15) is 0 Å². The molecule has 0 aromatic heterocycles. The standard InChI is InChI=1S/C23H32O4/c1-3-5-23(26)27-21-14-11-19(12-15-21)22(25)16-18-8-6-17(7-9-18)10-13-20(24)4-2/h11-12,14-15,17-18H,3-10,13,16H2,1-2H3. The highest BCUT2D eigenvalue weighted by Gasteiger charge is 2.23. The lowest BCUT2D eigenvalue weighted by molar-refractivity contribution is -0.134. The van der Waals surface area contributed by atoms with Crippen molar-refractivity contribution in [2.75, 3.05) is 0 Å². The Morgan fingerprint density at radius 3 is 2.15 bits per heavy atom. The normalized spacial score (nSPS) is 19.5. The first-order valence-corrected chi connectivity index (χ1v) is 10.4. The largest absolute Gasteiger partial charge is 0.427 e. The van der Waals surface area contributed by atoms with Gasteiger partial charge in [-0.3, -0.25) is 14.4 Å². The third kappa shape index (κ3) is 7.28. The van der Waals surface area contributed by atoms with Gasteiger partial charge in [-0.15, -0.1) is 0 Å². The fourth-order valence-corrected chi connectivity index (χ4v) is 3.74. The van der Waals surface area contributed by atoms with Crippen LogP contribution < -0.4 is 4.74 Å². The van der Waals surface area contributed by atoms with Crippen LogP contribution in [0.5, 0.6) is 5.75 Å². The smallest absolute Gasteiger partial charge is 0.311 e. The predicted molar refractivity (Wildman–Crippen MR) is 106 cm³/mol. The summed E-state index contributed by atoms with van der Waals surface area (Å²) in [5.74, 6) is 1.85. The minimum Gasteiger partial charge on any atom is -0.427 e. The Hall–Kier alpha value is -1.97. The maximum Gasteiger partial charge on any atom is 0.311 e.